The molecule has 4 heteroatoms. The molecular formula is C14H20N4. The van der Waals surface area contributed by atoms with Gasteiger partial charge in [-0.15, -0.1) is 0 Å². The maximum absolute atomic E-state index is 8.99. The minimum absolute atomic E-state index is 0.551. The molecule has 0 bridgehead atoms. The van der Waals surface area contributed by atoms with Crippen LogP contribution in [0, 0.1) is 17.2 Å². The van der Waals surface area contributed by atoms with Crippen molar-refractivity contribution in [1.82, 2.24) is 4.90 Å². The SMILES string of the molecule is CN1CCC(CN(C)c2ccc(N)c(C#N)c2)C1. The number of hydrogen-bond donors (Lipinski definition) is 1. The van der Waals surface area contributed by atoms with E-state index in [1.54, 1.807) is 0 Å². The molecule has 0 aromatic heterocycles. The third-order valence-electron chi connectivity index (χ3n) is 3.62. The van der Waals surface area contributed by atoms with Crippen LogP contribution >= 0.6 is 0 Å². The molecule has 1 aromatic rings. The number of anilines is 2. The summed E-state index contributed by atoms with van der Waals surface area (Å²) < 4.78 is 0. The maximum Gasteiger partial charge on any atom is 0.101 e. The highest BCUT2D eigenvalue weighted by molar-refractivity contribution is 5.62. The molecule has 0 saturated carbocycles. The molecule has 1 aliphatic heterocycles. The Morgan fingerprint density at radius 1 is 1.56 bits per heavy atom. The van der Waals surface area contributed by atoms with Crippen LogP contribution in [-0.2, 0) is 0 Å². The summed E-state index contributed by atoms with van der Waals surface area (Å²) in [6, 6.07) is 7.79. The first-order valence-corrected chi connectivity index (χ1v) is 6.29. The van der Waals surface area contributed by atoms with Gasteiger partial charge in [-0.1, -0.05) is 0 Å². The Hall–Kier alpha value is -1.73. The summed E-state index contributed by atoms with van der Waals surface area (Å²) in [6.07, 6.45) is 1.25. The van der Waals surface area contributed by atoms with Gasteiger partial charge in [0.25, 0.3) is 0 Å². The van der Waals surface area contributed by atoms with Crippen LogP contribution in [-0.4, -0.2) is 38.6 Å². The highest BCUT2D eigenvalue weighted by atomic mass is 15.1. The molecule has 18 heavy (non-hydrogen) atoms. The van der Waals surface area contributed by atoms with Gasteiger partial charge >= 0.3 is 0 Å². The molecule has 1 heterocycles. The van der Waals surface area contributed by atoms with Gasteiger partial charge in [0.15, 0.2) is 0 Å². The van der Waals surface area contributed by atoms with Crippen LogP contribution in [0.25, 0.3) is 0 Å². The second-order valence-corrected chi connectivity index (χ2v) is 5.18. The number of nitrogens with zero attached hydrogens (tertiary/aromatic N) is 3. The summed E-state index contributed by atoms with van der Waals surface area (Å²) >= 11 is 0. The van der Waals surface area contributed by atoms with Gasteiger partial charge in [-0.3, -0.25) is 0 Å². The highest BCUT2D eigenvalue weighted by Crippen LogP contribution is 2.22. The van der Waals surface area contributed by atoms with E-state index >= 15 is 0 Å². The molecule has 4 nitrogen and oxygen atoms in total. The van der Waals surface area contributed by atoms with Crippen molar-refractivity contribution >= 4 is 11.4 Å². The molecule has 2 N–H and O–H groups in total. The number of hydrogen-bond acceptors (Lipinski definition) is 4. The predicted molar refractivity (Wildman–Crippen MR) is 74.4 cm³/mol. The third-order valence-corrected chi connectivity index (χ3v) is 3.62. The smallest absolute Gasteiger partial charge is 0.101 e. The molecule has 1 saturated heterocycles. The van der Waals surface area contributed by atoms with Gasteiger partial charge in [0.1, 0.15) is 6.07 Å². The minimum atomic E-state index is 0.551. The second-order valence-electron chi connectivity index (χ2n) is 5.18. The van der Waals surface area contributed by atoms with Crippen molar-refractivity contribution < 1.29 is 0 Å². The molecule has 0 aliphatic carbocycles. The summed E-state index contributed by atoms with van der Waals surface area (Å²) in [5.41, 5.74) is 7.91. The topological polar surface area (TPSA) is 56.3 Å². The largest absolute Gasteiger partial charge is 0.398 e. The van der Waals surface area contributed by atoms with Crippen LogP contribution in [0.15, 0.2) is 18.2 Å². The van der Waals surface area contributed by atoms with Crippen LogP contribution in [0.3, 0.4) is 0 Å². The second kappa shape index (κ2) is 5.28. The van der Waals surface area contributed by atoms with Crippen molar-refractivity contribution in [3.63, 3.8) is 0 Å². The monoisotopic (exact) mass is 244 g/mol. The molecule has 2 rings (SSSR count). The first-order chi connectivity index (χ1) is 8.60. The normalized spacial score (nSPS) is 19.7. The highest BCUT2D eigenvalue weighted by Gasteiger charge is 2.21. The molecule has 1 unspecified atom stereocenters. The fraction of sp³-hybridized carbons (Fsp3) is 0.500. The van der Waals surface area contributed by atoms with Gasteiger partial charge in [0.05, 0.1) is 5.56 Å². The van der Waals surface area contributed by atoms with Gasteiger partial charge in [-0.25, -0.2) is 0 Å². The Labute approximate surface area is 109 Å². The fourth-order valence-corrected chi connectivity index (χ4v) is 2.55. The molecule has 0 spiro atoms. The maximum atomic E-state index is 8.99. The lowest BCUT2D eigenvalue weighted by molar-refractivity contribution is 0.396. The molecular weight excluding hydrogens is 224 g/mol. The molecule has 1 aliphatic rings. The summed E-state index contributed by atoms with van der Waals surface area (Å²) in [5, 5.41) is 8.99. The van der Waals surface area contributed by atoms with E-state index in [-0.39, 0.29) is 0 Å². The molecule has 1 atom stereocenters. The Kier molecular flexibility index (Phi) is 3.73. The van der Waals surface area contributed by atoms with E-state index in [4.69, 9.17) is 11.0 Å². The van der Waals surface area contributed by atoms with Crippen LogP contribution in [0.4, 0.5) is 11.4 Å². The summed E-state index contributed by atoms with van der Waals surface area (Å²) in [6.45, 7) is 3.37. The summed E-state index contributed by atoms with van der Waals surface area (Å²) in [5.74, 6) is 0.711. The third kappa shape index (κ3) is 2.74. The first kappa shape index (κ1) is 12.7. The van der Waals surface area contributed by atoms with Crippen molar-refractivity contribution in [3.05, 3.63) is 23.8 Å². The average Bonchev–Trinajstić information content (AvgIpc) is 2.75. The van der Waals surface area contributed by atoms with E-state index in [2.05, 4.69) is 30.0 Å². The lowest BCUT2D eigenvalue weighted by Gasteiger charge is -2.23. The zero-order valence-electron chi connectivity index (χ0n) is 11.1. The Morgan fingerprint density at radius 2 is 2.33 bits per heavy atom. The van der Waals surface area contributed by atoms with Gasteiger partial charge in [-0.2, -0.15) is 5.26 Å². The Morgan fingerprint density at radius 3 is 2.94 bits per heavy atom. The average molecular weight is 244 g/mol. The van der Waals surface area contributed by atoms with Gasteiger partial charge < -0.3 is 15.5 Å². The van der Waals surface area contributed by atoms with E-state index < -0.39 is 0 Å². The van der Waals surface area contributed by atoms with Crippen molar-refractivity contribution in [2.75, 3.05) is 44.4 Å². The zero-order chi connectivity index (χ0) is 13.1. The summed E-state index contributed by atoms with van der Waals surface area (Å²) in [4.78, 5) is 4.58. The first-order valence-electron chi connectivity index (χ1n) is 6.29. The molecule has 0 amide bonds. The van der Waals surface area contributed by atoms with Crippen molar-refractivity contribution in [3.8, 4) is 6.07 Å². The standard InChI is InChI=1S/C14H20N4/c1-17-6-5-11(9-17)10-18(2)13-3-4-14(16)12(7-13)8-15/h3-4,7,11H,5-6,9-10,16H2,1-2H3. The number of likely N-dealkylation sites (tertiary alicyclic amines) is 1. The molecule has 96 valence electrons. The number of benzene rings is 1. The van der Waals surface area contributed by atoms with E-state index in [0.29, 0.717) is 17.2 Å². The van der Waals surface area contributed by atoms with E-state index in [0.717, 1.165) is 18.8 Å². The van der Waals surface area contributed by atoms with E-state index in [1.165, 1.54) is 13.0 Å². The van der Waals surface area contributed by atoms with Gasteiger partial charge in [0.2, 0.25) is 0 Å². The predicted octanol–water partition coefficient (Wildman–Crippen LogP) is 1.53. The lowest BCUT2D eigenvalue weighted by Crippen LogP contribution is -2.27. The van der Waals surface area contributed by atoms with Gasteiger partial charge in [-0.05, 0) is 44.1 Å². The van der Waals surface area contributed by atoms with E-state index in [1.807, 2.05) is 18.2 Å². The van der Waals surface area contributed by atoms with Gasteiger partial charge in [0, 0.05) is 31.5 Å². The Bertz CT molecular complexity index is 463. The van der Waals surface area contributed by atoms with Crippen molar-refractivity contribution in [1.29, 1.82) is 5.26 Å². The lowest BCUT2D eigenvalue weighted by atomic mass is 10.1. The van der Waals surface area contributed by atoms with Crippen LogP contribution in [0.1, 0.15) is 12.0 Å². The number of nitriles is 1. The number of nitrogens with two attached hydrogens (primary N) is 1. The van der Waals surface area contributed by atoms with Crippen molar-refractivity contribution in [2.24, 2.45) is 5.92 Å². The minimum Gasteiger partial charge on any atom is -0.398 e. The molecule has 1 fully saturated rings. The quantitative estimate of drug-likeness (QED) is 0.819. The number of rotatable bonds is 3. The fourth-order valence-electron chi connectivity index (χ4n) is 2.55. The van der Waals surface area contributed by atoms with Crippen LogP contribution in [0.5, 0.6) is 0 Å². The number of nitrogen functional groups attached to an aromatic ring is 1. The zero-order valence-corrected chi connectivity index (χ0v) is 11.1. The molecule has 0 radical (unpaired) electrons. The Balaban J connectivity index is 2.05. The van der Waals surface area contributed by atoms with Crippen molar-refractivity contribution in [2.45, 2.75) is 6.42 Å². The summed E-state index contributed by atoms with van der Waals surface area (Å²) in [7, 11) is 4.24. The van der Waals surface area contributed by atoms with Crippen LogP contribution in [0.2, 0.25) is 0 Å². The van der Waals surface area contributed by atoms with Crippen LogP contribution < -0.4 is 10.6 Å². The van der Waals surface area contributed by atoms with E-state index in [9.17, 15) is 0 Å². The molecule has 1 aromatic carbocycles.